The molecule has 0 aliphatic carbocycles. The summed E-state index contributed by atoms with van der Waals surface area (Å²) in [4.78, 5) is 0. The van der Waals surface area contributed by atoms with Crippen molar-refractivity contribution in [2.24, 2.45) is 5.92 Å². The topological polar surface area (TPSA) is 49.2 Å². The summed E-state index contributed by atoms with van der Waals surface area (Å²) in [7, 11) is 0. The Bertz CT molecular complexity index is 797. The largest absolute Gasteiger partial charge is 0.459 e. The lowest BCUT2D eigenvalue weighted by molar-refractivity contribution is 0.379. The molecule has 1 aliphatic heterocycles. The summed E-state index contributed by atoms with van der Waals surface area (Å²) in [5, 5.41) is 4.64. The van der Waals surface area contributed by atoms with E-state index in [1.54, 1.807) is 0 Å². The van der Waals surface area contributed by atoms with Crippen LogP contribution in [0, 0.1) is 11.7 Å². The molecule has 4 nitrogen and oxygen atoms in total. The molecule has 2 unspecified atom stereocenters. The molecule has 0 spiro atoms. The van der Waals surface area contributed by atoms with Crippen molar-refractivity contribution < 1.29 is 8.81 Å². The number of halogens is 1. The number of furan rings is 1. The predicted octanol–water partition coefficient (Wildman–Crippen LogP) is 3.17. The number of benzene rings is 2. The molecule has 0 amide bonds. The fourth-order valence-electron chi connectivity index (χ4n) is 3.36. The Morgan fingerprint density at radius 1 is 1.12 bits per heavy atom. The number of para-hydroxylation sites is 1. The number of fused-ring (bicyclic) bond motifs is 1. The fraction of sp³-hybridized carbons (Fsp3) is 0.300. The summed E-state index contributed by atoms with van der Waals surface area (Å²) in [5.74, 6) is 1.19. The summed E-state index contributed by atoms with van der Waals surface area (Å²) >= 11 is 0. The molecule has 0 radical (unpaired) electrons. The van der Waals surface area contributed by atoms with Crippen molar-refractivity contribution in [1.82, 2.24) is 16.2 Å². The first-order valence-corrected chi connectivity index (χ1v) is 8.71. The number of hydrogen-bond donors (Lipinski definition) is 3. The molecule has 1 aromatic heterocycles. The Hall–Kier alpha value is -2.21. The van der Waals surface area contributed by atoms with Crippen LogP contribution in [0.5, 0.6) is 0 Å². The first-order valence-electron chi connectivity index (χ1n) is 8.71. The smallest absolute Gasteiger partial charge is 0.134 e. The number of hydrogen-bond acceptors (Lipinski definition) is 4. The predicted molar refractivity (Wildman–Crippen MR) is 96.6 cm³/mol. The molecule has 2 aromatic carbocycles. The molecule has 25 heavy (non-hydrogen) atoms. The quantitative estimate of drug-likeness (QED) is 0.604. The van der Waals surface area contributed by atoms with Crippen LogP contribution in [0.3, 0.4) is 0 Å². The van der Waals surface area contributed by atoms with Gasteiger partial charge in [-0.25, -0.2) is 9.82 Å². The minimum absolute atomic E-state index is 0.158. The lowest BCUT2D eigenvalue weighted by Gasteiger charge is -2.17. The average Bonchev–Trinajstić information content (AvgIpc) is 3.26. The van der Waals surface area contributed by atoms with Crippen molar-refractivity contribution in [1.29, 1.82) is 0 Å². The molecular weight excluding hydrogens is 317 g/mol. The highest BCUT2D eigenvalue weighted by atomic mass is 19.1. The van der Waals surface area contributed by atoms with Crippen LogP contribution in [0.1, 0.15) is 17.4 Å². The third kappa shape index (κ3) is 3.74. The molecule has 3 aromatic rings. The van der Waals surface area contributed by atoms with Crippen LogP contribution < -0.4 is 16.2 Å². The van der Waals surface area contributed by atoms with E-state index in [0.717, 1.165) is 48.3 Å². The van der Waals surface area contributed by atoms with Crippen LogP contribution in [-0.2, 0) is 6.42 Å². The molecule has 2 heterocycles. The summed E-state index contributed by atoms with van der Waals surface area (Å²) in [5.41, 5.74) is 8.63. The van der Waals surface area contributed by atoms with Crippen LogP contribution in [0.25, 0.3) is 11.0 Å². The molecule has 1 fully saturated rings. The minimum atomic E-state index is -0.187. The van der Waals surface area contributed by atoms with Crippen molar-refractivity contribution in [2.75, 3.05) is 19.6 Å². The van der Waals surface area contributed by atoms with E-state index in [1.165, 1.54) is 12.1 Å². The van der Waals surface area contributed by atoms with Gasteiger partial charge in [0.25, 0.3) is 0 Å². The Labute approximate surface area is 146 Å². The Morgan fingerprint density at radius 2 is 1.96 bits per heavy atom. The van der Waals surface area contributed by atoms with Crippen molar-refractivity contribution >= 4 is 11.0 Å². The first kappa shape index (κ1) is 16.3. The summed E-state index contributed by atoms with van der Waals surface area (Å²) in [6.45, 7) is 2.66. The van der Waals surface area contributed by atoms with Crippen molar-refractivity contribution in [3.63, 3.8) is 0 Å². The molecule has 1 aliphatic rings. The van der Waals surface area contributed by atoms with E-state index in [2.05, 4.69) is 28.3 Å². The second-order valence-corrected chi connectivity index (χ2v) is 6.53. The summed E-state index contributed by atoms with van der Waals surface area (Å²) in [6.07, 6.45) is 0.892. The normalized spacial score (nSPS) is 20.4. The number of hydrazine groups is 1. The van der Waals surface area contributed by atoms with Gasteiger partial charge in [0.15, 0.2) is 0 Å². The van der Waals surface area contributed by atoms with Gasteiger partial charge in [0.05, 0.1) is 6.04 Å². The van der Waals surface area contributed by atoms with Crippen LogP contribution in [0.4, 0.5) is 4.39 Å². The molecule has 5 heteroatoms. The summed E-state index contributed by atoms with van der Waals surface area (Å²) in [6, 6.07) is 17.1. The Kier molecular flexibility index (Phi) is 4.78. The monoisotopic (exact) mass is 339 g/mol. The van der Waals surface area contributed by atoms with E-state index in [0.29, 0.717) is 5.92 Å². The van der Waals surface area contributed by atoms with Crippen LogP contribution in [-0.4, -0.2) is 19.6 Å². The zero-order valence-electron chi connectivity index (χ0n) is 14.0. The third-order valence-corrected chi connectivity index (χ3v) is 4.75. The van der Waals surface area contributed by atoms with Crippen LogP contribution in [0.2, 0.25) is 0 Å². The van der Waals surface area contributed by atoms with Gasteiger partial charge in [0, 0.05) is 24.4 Å². The number of rotatable bonds is 6. The van der Waals surface area contributed by atoms with Crippen molar-refractivity contribution in [3.05, 3.63) is 71.7 Å². The highest BCUT2D eigenvalue weighted by molar-refractivity contribution is 5.77. The maximum absolute atomic E-state index is 12.9. The zero-order valence-corrected chi connectivity index (χ0v) is 14.0. The van der Waals surface area contributed by atoms with Gasteiger partial charge >= 0.3 is 0 Å². The fourth-order valence-corrected chi connectivity index (χ4v) is 3.36. The van der Waals surface area contributed by atoms with Crippen LogP contribution in [0.15, 0.2) is 59.0 Å². The van der Waals surface area contributed by atoms with Gasteiger partial charge in [0.1, 0.15) is 17.2 Å². The van der Waals surface area contributed by atoms with Gasteiger partial charge in [0.2, 0.25) is 0 Å². The van der Waals surface area contributed by atoms with Gasteiger partial charge in [-0.3, -0.25) is 5.43 Å². The molecule has 2 atom stereocenters. The van der Waals surface area contributed by atoms with Gasteiger partial charge in [-0.1, -0.05) is 30.3 Å². The lowest BCUT2D eigenvalue weighted by atomic mass is 9.99. The van der Waals surface area contributed by atoms with E-state index in [1.807, 2.05) is 30.3 Å². The highest BCUT2D eigenvalue weighted by Crippen LogP contribution is 2.29. The first-order chi connectivity index (χ1) is 12.3. The Morgan fingerprint density at radius 3 is 2.80 bits per heavy atom. The highest BCUT2D eigenvalue weighted by Gasteiger charge is 2.30. The van der Waals surface area contributed by atoms with E-state index in [9.17, 15) is 4.39 Å². The Balaban J connectivity index is 1.33. The van der Waals surface area contributed by atoms with Gasteiger partial charge in [-0.2, -0.15) is 0 Å². The molecule has 0 bridgehead atoms. The van der Waals surface area contributed by atoms with Crippen molar-refractivity contribution in [3.8, 4) is 0 Å². The lowest BCUT2D eigenvalue weighted by Crippen LogP contribution is -2.29. The maximum Gasteiger partial charge on any atom is 0.134 e. The van der Waals surface area contributed by atoms with Gasteiger partial charge in [-0.05, 0) is 42.8 Å². The zero-order chi connectivity index (χ0) is 17.1. The summed E-state index contributed by atoms with van der Waals surface area (Å²) < 4.78 is 18.9. The molecule has 130 valence electrons. The average molecular weight is 339 g/mol. The molecule has 1 saturated heterocycles. The van der Waals surface area contributed by atoms with Crippen molar-refractivity contribution in [2.45, 2.75) is 12.5 Å². The second-order valence-electron chi connectivity index (χ2n) is 6.53. The van der Waals surface area contributed by atoms with Gasteiger partial charge < -0.3 is 9.73 Å². The molecular formula is C20H22FN3O. The maximum atomic E-state index is 12.9. The molecule has 4 rings (SSSR count). The van der Waals surface area contributed by atoms with Crippen LogP contribution >= 0.6 is 0 Å². The van der Waals surface area contributed by atoms with Gasteiger partial charge in [-0.15, -0.1) is 0 Å². The number of nitrogens with one attached hydrogen (secondary N) is 3. The molecule has 0 saturated carbocycles. The molecule has 3 N–H and O–H groups in total. The van der Waals surface area contributed by atoms with E-state index < -0.39 is 0 Å². The van der Waals surface area contributed by atoms with E-state index in [-0.39, 0.29) is 11.9 Å². The SMILES string of the molecule is Fc1ccc(CCNCC2CNNC2c2cc3ccccc3o2)cc1. The third-order valence-electron chi connectivity index (χ3n) is 4.75. The van der Waals surface area contributed by atoms with E-state index in [4.69, 9.17) is 4.42 Å². The van der Waals surface area contributed by atoms with E-state index >= 15 is 0 Å². The minimum Gasteiger partial charge on any atom is -0.459 e. The standard InChI is InChI=1S/C20H22FN3O/c21-17-7-5-14(6-8-17)9-10-22-12-16-13-23-24-20(16)19-11-15-3-1-2-4-18(15)25-19/h1-8,11,16,20,22-24H,9-10,12-13H2. The second kappa shape index (κ2) is 7.35.